The number of nitrogens with one attached hydrogen (secondary N) is 1. The molecule has 2 aromatic carbocycles. The van der Waals surface area contributed by atoms with Gasteiger partial charge in [-0.05, 0) is 63.6 Å². The van der Waals surface area contributed by atoms with E-state index >= 15 is 0 Å². The molecule has 2 N–H and O–H groups in total. The van der Waals surface area contributed by atoms with E-state index in [4.69, 9.17) is 4.74 Å². The molecule has 41 heavy (non-hydrogen) atoms. The third-order valence-electron chi connectivity index (χ3n) is 6.76. The van der Waals surface area contributed by atoms with Crippen LogP contribution >= 0.6 is 0 Å². The van der Waals surface area contributed by atoms with Crippen molar-refractivity contribution in [1.29, 1.82) is 0 Å². The molecule has 212 valence electrons. The number of carbonyl (C=O) groups excluding carboxylic acids is 2. The maximum atomic E-state index is 13.9. The fourth-order valence-electron chi connectivity index (χ4n) is 4.85. The lowest BCUT2D eigenvalue weighted by atomic mass is 10.1. The van der Waals surface area contributed by atoms with E-state index in [0.29, 0.717) is 17.2 Å². The van der Waals surface area contributed by atoms with E-state index in [1.807, 2.05) is 31.2 Å². The standard InChI is InChI=1S/C30H32N6O5/c1-19-17-35-24(18-34(19)29(40)41-30(2,3)4)25(36(28(35)39)21-10-12-22(37)13-11-21)27(38)33-16-20-8-5-6-9-23(20)26-31-14-7-15-32-26/h5-15,19,37H,16-18H2,1-4H3,(H,33,38). The van der Waals surface area contributed by atoms with E-state index in [1.165, 1.54) is 26.2 Å². The molecule has 0 spiro atoms. The topological polar surface area (TPSA) is 132 Å². The van der Waals surface area contributed by atoms with E-state index in [9.17, 15) is 19.5 Å². The first-order valence-electron chi connectivity index (χ1n) is 13.3. The minimum Gasteiger partial charge on any atom is -0.508 e. The lowest BCUT2D eigenvalue weighted by Gasteiger charge is -2.35. The molecule has 5 rings (SSSR count). The van der Waals surface area contributed by atoms with E-state index in [1.54, 1.807) is 51.4 Å². The molecule has 1 aliphatic heterocycles. The highest BCUT2D eigenvalue weighted by Crippen LogP contribution is 2.26. The van der Waals surface area contributed by atoms with Gasteiger partial charge < -0.3 is 15.2 Å². The fourth-order valence-corrected chi connectivity index (χ4v) is 4.85. The summed E-state index contributed by atoms with van der Waals surface area (Å²) < 4.78 is 8.46. The van der Waals surface area contributed by atoms with Crippen molar-refractivity contribution in [2.45, 2.75) is 59.0 Å². The molecular weight excluding hydrogens is 524 g/mol. The smallest absolute Gasteiger partial charge is 0.410 e. The summed E-state index contributed by atoms with van der Waals surface area (Å²) in [6.45, 7) is 7.53. The van der Waals surface area contributed by atoms with Crippen LogP contribution in [0.1, 0.15) is 49.4 Å². The van der Waals surface area contributed by atoms with Crippen molar-refractivity contribution < 1.29 is 19.4 Å². The molecular formula is C30H32N6O5. The lowest BCUT2D eigenvalue weighted by molar-refractivity contribution is 0.00951. The van der Waals surface area contributed by atoms with Crippen LogP contribution in [0.5, 0.6) is 5.75 Å². The Bertz CT molecular complexity index is 1640. The Morgan fingerprint density at radius 1 is 1.05 bits per heavy atom. The maximum absolute atomic E-state index is 13.9. The summed E-state index contributed by atoms with van der Waals surface area (Å²) in [5.41, 5.74) is 1.36. The second-order valence-corrected chi connectivity index (χ2v) is 10.9. The van der Waals surface area contributed by atoms with Crippen LogP contribution in [0.15, 0.2) is 71.8 Å². The maximum Gasteiger partial charge on any atom is 0.410 e. The number of ether oxygens (including phenoxy) is 1. The fraction of sp³-hybridized carbons (Fsp3) is 0.300. The van der Waals surface area contributed by atoms with Gasteiger partial charge in [-0.2, -0.15) is 0 Å². The quantitative estimate of drug-likeness (QED) is 0.381. The molecule has 0 saturated heterocycles. The first-order chi connectivity index (χ1) is 19.5. The summed E-state index contributed by atoms with van der Waals surface area (Å²) in [5, 5.41) is 12.8. The molecule has 0 bridgehead atoms. The normalized spacial score (nSPS) is 14.8. The zero-order chi connectivity index (χ0) is 29.3. The Morgan fingerprint density at radius 3 is 2.41 bits per heavy atom. The number of aromatic hydroxyl groups is 1. The van der Waals surface area contributed by atoms with Crippen molar-refractivity contribution in [1.82, 2.24) is 29.3 Å². The van der Waals surface area contributed by atoms with Crippen molar-refractivity contribution in [3.8, 4) is 22.8 Å². The van der Waals surface area contributed by atoms with Crippen LogP contribution in [0.2, 0.25) is 0 Å². The number of hydrogen-bond acceptors (Lipinski definition) is 7. The van der Waals surface area contributed by atoms with E-state index in [-0.39, 0.29) is 37.1 Å². The van der Waals surface area contributed by atoms with Crippen molar-refractivity contribution in [3.63, 3.8) is 0 Å². The van der Waals surface area contributed by atoms with Crippen molar-refractivity contribution in [2.75, 3.05) is 0 Å². The highest BCUT2D eigenvalue weighted by molar-refractivity contribution is 5.94. The predicted molar refractivity (Wildman–Crippen MR) is 152 cm³/mol. The van der Waals surface area contributed by atoms with Gasteiger partial charge in [0, 0.05) is 31.0 Å². The molecule has 3 heterocycles. The van der Waals surface area contributed by atoms with Gasteiger partial charge in [-0.25, -0.2) is 19.6 Å². The van der Waals surface area contributed by atoms with Gasteiger partial charge in [0.2, 0.25) is 0 Å². The molecule has 0 saturated carbocycles. The SMILES string of the molecule is CC1Cn2c(c(C(=O)NCc3ccccc3-c3ncccn3)n(-c3ccc(O)cc3)c2=O)CN1C(=O)OC(C)(C)C. The first-order valence-corrected chi connectivity index (χ1v) is 13.3. The summed E-state index contributed by atoms with van der Waals surface area (Å²) in [6.07, 6.45) is 2.78. The minimum atomic E-state index is -0.706. The predicted octanol–water partition coefficient (Wildman–Crippen LogP) is 3.87. The van der Waals surface area contributed by atoms with Gasteiger partial charge in [-0.1, -0.05) is 24.3 Å². The number of phenolic OH excluding ortho intramolecular Hbond substituents is 1. The molecule has 11 nitrogen and oxygen atoms in total. The molecule has 11 heteroatoms. The molecule has 4 aromatic rings. The number of fused-ring (bicyclic) bond motifs is 1. The van der Waals surface area contributed by atoms with Crippen LogP contribution in [-0.2, 0) is 24.4 Å². The summed E-state index contributed by atoms with van der Waals surface area (Å²) in [6, 6.07) is 14.9. The van der Waals surface area contributed by atoms with Crippen LogP contribution in [0.4, 0.5) is 4.79 Å². The number of amides is 2. The van der Waals surface area contributed by atoms with Gasteiger partial charge in [0.15, 0.2) is 5.82 Å². The average molecular weight is 557 g/mol. The van der Waals surface area contributed by atoms with Crippen molar-refractivity contribution in [2.24, 2.45) is 0 Å². The Balaban J connectivity index is 1.53. The van der Waals surface area contributed by atoms with E-state index in [0.717, 1.165) is 11.1 Å². The summed E-state index contributed by atoms with van der Waals surface area (Å²) in [5.74, 6) is 0.0641. The Morgan fingerprint density at radius 2 is 1.73 bits per heavy atom. The summed E-state index contributed by atoms with van der Waals surface area (Å²) in [7, 11) is 0. The zero-order valence-electron chi connectivity index (χ0n) is 23.4. The lowest BCUT2D eigenvalue weighted by Crippen LogP contribution is -2.48. The summed E-state index contributed by atoms with van der Waals surface area (Å²) >= 11 is 0. The van der Waals surface area contributed by atoms with Crippen LogP contribution in [0, 0.1) is 0 Å². The van der Waals surface area contributed by atoms with Crippen LogP contribution in [0.3, 0.4) is 0 Å². The second kappa shape index (κ2) is 10.9. The highest BCUT2D eigenvalue weighted by Gasteiger charge is 2.36. The molecule has 1 atom stereocenters. The first kappa shape index (κ1) is 27.6. The van der Waals surface area contributed by atoms with Gasteiger partial charge in [-0.3, -0.25) is 18.8 Å². The monoisotopic (exact) mass is 556 g/mol. The molecule has 2 amide bonds. The number of phenols is 1. The number of carbonyl (C=O) groups is 2. The zero-order valence-corrected chi connectivity index (χ0v) is 23.4. The number of imidazole rings is 1. The largest absolute Gasteiger partial charge is 0.508 e. The summed E-state index contributed by atoms with van der Waals surface area (Å²) in [4.78, 5) is 50.9. The average Bonchev–Trinajstić information content (AvgIpc) is 3.22. The Kier molecular flexibility index (Phi) is 7.36. The van der Waals surface area contributed by atoms with E-state index in [2.05, 4.69) is 15.3 Å². The van der Waals surface area contributed by atoms with Crippen molar-refractivity contribution in [3.05, 3.63) is 94.4 Å². The van der Waals surface area contributed by atoms with Crippen LogP contribution < -0.4 is 11.0 Å². The van der Waals surface area contributed by atoms with Gasteiger partial charge in [0.25, 0.3) is 5.91 Å². The van der Waals surface area contributed by atoms with Crippen LogP contribution in [0.25, 0.3) is 17.1 Å². The minimum absolute atomic E-state index is 0.00754. The molecule has 0 radical (unpaired) electrons. The van der Waals surface area contributed by atoms with Gasteiger partial charge in [-0.15, -0.1) is 0 Å². The van der Waals surface area contributed by atoms with Gasteiger partial charge in [0.05, 0.1) is 24.0 Å². The molecule has 1 aliphatic rings. The molecule has 1 unspecified atom stereocenters. The van der Waals surface area contributed by atoms with Crippen LogP contribution in [-0.4, -0.2) is 52.8 Å². The number of rotatable bonds is 5. The molecule has 0 fully saturated rings. The highest BCUT2D eigenvalue weighted by atomic mass is 16.6. The number of aromatic nitrogens is 4. The van der Waals surface area contributed by atoms with E-state index < -0.39 is 23.3 Å². The Hall–Kier alpha value is -4.93. The molecule has 2 aromatic heterocycles. The van der Waals surface area contributed by atoms with Crippen molar-refractivity contribution >= 4 is 12.0 Å². The number of hydrogen-bond donors (Lipinski definition) is 2. The second-order valence-electron chi connectivity index (χ2n) is 10.9. The molecule has 0 aliphatic carbocycles. The van der Waals surface area contributed by atoms with Gasteiger partial charge in [0.1, 0.15) is 17.0 Å². The number of nitrogens with zero attached hydrogens (tertiary/aromatic N) is 5. The van der Waals surface area contributed by atoms with Gasteiger partial charge >= 0.3 is 11.8 Å². The Labute approximate surface area is 237 Å². The third kappa shape index (κ3) is 5.69. The third-order valence-corrected chi connectivity index (χ3v) is 6.76. The number of benzene rings is 2.